The Kier molecular flexibility index (Phi) is 6.51. The Morgan fingerprint density at radius 3 is 2.27 bits per heavy atom. The van der Waals surface area contributed by atoms with E-state index in [1.807, 2.05) is 0 Å². The van der Waals surface area contributed by atoms with Gasteiger partial charge in [-0.1, -0.05) is 57.5 Å². The molecule has 1 aromatic heterocycles. The minimum Gasteiger partial charge on any atom is -0.341 e. The standard InChI is InChI=1S/C18H25ClN2.ClH/c1-12-6-8-14(9-7-12)17-20-15(10-13(2)11-19)16(21-17)18(3,4)5;/h6-9,13H,10-11H2,1-5H3,(H,20,21);1H. The number of hydrogen-bond donors (Lipinski definition) is 1. The SMILES string of the molecule is Cc1ccc(-c2nc(CC(C)CCl)c(C(C)(C)C)[nH]2)cc1.Cl. The van der Waals surface area contributed by atoms with Crippen LogP contribution < -0.4 is 0 Å². The van der Waals surface area contributed by atoms with Gasteiger partial charge in [0.2, 0.25) is 0 Å². The van der Waals surface area contributed by atoms with Gasteiger partial charge in [-0.3, -0.25) is 0 Å². The van der Waals surface area contributed by atoms with Gasteiger partial charge in [0.05, 0.1) is 5.69 Å². The summed E-state index contributed by atoms with van der Waals surface area (Å²) in [6.45, 7) is 10.9. The summed E-state index contributed by atoms with van der Waals surface area (Å²) in [5.41, 5.74) is 4.81. The lowest BCUT2D eigenvalue weighted by Crippen LogP contribution is -2.16. The van der Waals surface area contributed by atoms with Gasteiger partial charge < -0.3 is 4.98 Å². The van der Waals surface area contributed by atoms with Crippen molar-refractivity contribution in [3.8, 4) is 11.4 Å². The molecule has 0 saturated carbocycles. The second kappa shape index (κ2) is 7.52. The summed E-state index contributed by atoms with van der Waals surface area (Å²) in [5, 5.41) is 0. The van der Waals surface area contributed by atoms with Crippen LogP contribution in [0, 0.1) is 12.8 Å². The summed E-state index contributed by atoms with van der Waals surface area (Å²) in [7, 11) is 0. The first-order chi connectivity index (χ1) is 9.81. The topological polar surface area (TPSA) is 28.7 Å². The maximum absolute atomic E-state index is 5.97. The highest BCUT2D eigenvalue weighted by Crippen LogP contribution is 2.29. The summed E-state index contributed by atoms with van der Waals surface area (Å²) in [6.07, 6.45) is 0.915. The van der Waals surface area contributed by atoms with Crippen molar-refractivity contribution in [2.75, 3.05) is 5.88 Å². The van der Waals surface area contributed by atoms with E-state index in [2.05, 4.69) is 63.9 Å². The first-order valence-corrected chi connectivity index (χ1v) is 8.07. The first-order valence-electron chi connectivity index (χ1n) is 7.53. The van der Waals surface area contributed by atoms with E-state index in [-0.39, 0.29) is 17.8 Å². The number of aromatic nitrogens is 2. The number of aromatic amines is 1. The highest BCUT2D eigenvalue weighted by atomic mass is 35.5. The van der Waals surface area contributed by atoms with Crippen LogP contribution in [0.1, 0.15) is 44.6 Å². The molecule has 1 N–H and O–H groups in total. The summed E-state index contributed by atoms with van der Waals surface area (Å²) >= 11 is 5.97. The van der Waals surface area contributed by atoms with Crippen LogP contribution in [0.3, 0.4) is 0 Å². The summed E-state index contributed by atoms with van der Waals surface area (Å²) in [6, 6.07) is 8.48. The average Bonchev–Trinajstić information content (AvgIpc) is 2.83. The molecule has 0 amide bonds. The lowest BCUT2D eigenvalue weighted by molar-refractivity contribution is 0.551. The van der Waals surface area contributed by atoms with Crippen molar-refractivity contribution in [1.82, 2.24) is 9.97 Å². The first kappa shape index (κ1) is 19.1. The molecule has 1 atom stereocenters. The zero-order valence-corrected chi connectivity index (χ0v) is 15.6. The van der Waals surface area contributed by atoms with Crippen LogP contribution in [0.2, 0.25) is 0 Å². The van der Waals surface area contributed by atoms with E-state index in [1.54, 1.807) is 0 Å². The molecule has 0 spiro atoms. The third kappa shape index (κ3) is 4.50. The van der Waals surface area contributed by atoms with Gasteiger partial charge in [0.15, 0.2) is 0 Å². The van der Waals surface area contributed by atoms with Crippen LogP contribution in [-0.4, -0.2) is 15.8 Å². The van der Waals surface area contributed by atoms with Crippen molar-refractivity contribution in [2.45, 2.75) is 46.5 Å². The Hall–Kier alpha value is -0.990. The molecule has 2 nitrogen and oxygen atoms in total. The molecule has 0 aliphatic carbocycles. The van der Waals surface area contributed by atoms with E-state index >= 15 is 0 Å². The summed E-state index contributed by atoms with van der Waals surface area (Å²) in [5.74, 6) is 2.05. The number of hydrogen-bond acceptors (Lipinski definition) is 1. The van der Waals surface area contributed by atoms with Gasteiger partial charge in [0.1, 0.15) is 5.82 Å². The monoisotopic (exact) mass is 340 g/mol. The van der Waals surface area contributed by atoms with Gasteiger partial charge in [-0.15, -0.1) is 24.0 Å². The van der Waals surface area contributed by atoms with E-state index in [0.29, 0.717) is 11.8 Å². The Labute approximate surface area is 145 Å². The van der Waals surface area contributed by atoms with Crippen molar-refractivity contribution >= 4 is 24.0 Å². The molecule has 0 radical (unpaired) electrons. The number of nitrogens with one attached hydrogen (secondary N) is 1. The number of aryl methyl sites for hydroxylation is 1. The molecule has 1 aromatic carbocycles. The lowest BCUT2D eigenvalue weighted by atomic mass is 9.89. The predicted molar refractivity (Wildman–Crippen MR) is 98.3 cm³/mol. The van der Waals surface area contributed by atoms with Crippen LogP contribution in [-0.2, 0) is 11.8 Å². The predicted octanol–water partition coefficient (Wildman–Crippen LogP) is 5.52. The maximum Gasteiger partial charge on any atom is 0.137 e. The second-order valence-corrected chi connectivity index (χ2v) is 7.30. The Bertz CT molecular complexity index is 595. The Morgan fingerprint density at radius 2 is 1.77 bits per heavy atom. The lowest BCUT2D eigenvalue weighted by Gasteiger charge is -2.19. The van der Waals surface area contributed by atoms with Crippen molar-refractivity contribution in [2.24, 2.45) is 5.92 Å². The van der Waals surface area contributed by atoms with Gasteiger partial charge >= 0.3 is 0 Å². The Morgan fingerprint density at radius 1 is 1.18 bits per heavy atom. The minimum atomic E-state index is 0. The smallest absolute Gasteiger partial charge is 0.137 e. The van der Waals surface area contributed by atoms with E-state index in [4.69, 9.17) is 16.6 Å². The van der Waals surface area contributed by atoms with Crippen LogP contribution in [0.5, 0.6) is 0 Å². The van der Waals surface area contributed by atoms with Crippen LogP contribution in [0.15, 0.2) is 24.3 Å². The van der Waals surface area contributed by atoms with E-state index < -0.39 is 0 Å². The third-order valence-corrected chi connectivity index (χ3v) is 4.19. The van der Waals surface area contributed by atoms with E-state index in [9.17, 15) is 0 Å². The molecule has 22 heavy (non-hydrogen) atoms. The van der Waals surface area contributed by atoms with Gasteiger partial charge in [0, 0.05) is 22.6 Å². The molecule has 1 heterocycles. The fraction of sp³-hybridized carbons (Fsp3) is 0.500. The zero-order valence-electron chi connectivity index (χ0n) is 14.0. The van der Waals surface area contributed by atoms with Crippen molar-refractivity contribution < 1.29 is 0 Å². The number of nitrogens with zero attached hydrogens (tertiary/aromatic N) is 1. The van der Waals surface area contributed by atoms with Gasteiger partial charge in [-0.2, -0.15) is 0 Å². The van der Waals surface area contributed by atoms with Crippen molar-refractivity contribution in [3.63, 3.8) is 0 Å². The average molecular weight is 341 g/mol. The highest BCUT2D eigenvalue weighted by Gasteiger charge is 2.23. The molecule has 0 aliphatic heterocycles. The van der Waals surface area contributed by atoms with E-state index in [0.717, 1.165) is 23.5 Å². The van der Waals surface area contributed by atoms with Gasteiger partial charge in [-0.25, -0.2) is 4.98 Å². The maximum atomic E-state index is 5.97. The summed E-state index contributed by atoms with van der Waals surface area (Å²) < 4.78 is 0. The number of H-pyrrole nitrogens is 1. The van der Waals surface area contributed by atoms with Crippen molar-refractivity contribution in [3.05, 3.63) is 41.2 Å². The van der Waals surface area contributed by atoms with Crippen LogP contribution in [0.4, 0.5) is 0 Å². The van der Waals surface area contributed by atoms with Crippen molar-refractivity contribution in [1.29, 1.82) is 0 Å². The van der Waals surface area contributed by atoms with Gasteiger partial charge in [0.25, 0.3) is 0 Å². The number of imidazole rings is 1. The van der Waals surface area contributed by atoms with E-state index in [1.165, 1.54) is 11.3 Å². The molecule has 0 fully saturated rings. The van der Waals surface area contributed by atoms with Crippen LogP contribution >= 0.6 is 24.0 Å². The number of halogens is 2. The number of rotatable bonds is 4. The Balaban J connectivity index is 0.00000242. The molecule has 1 unspecified atom stereocenters. The van der Waals surface area contributed by atoms with Gasteiger partial charge in [-0.05, 0) is 19.3 Å². The fourth-order valence-electron chi connectivity index (χ4n) is 2.41. The molecular formula is C18H26Cl2N2. The normalized spacial score (nSPS) is 12.8. The molecule has 0 saturated heterocycles. The molecule has 2 rings (SSSR count). The minimum absolute atomic E-state index is 0. The highest BCUT2D eigenvalue weighted by molar-refractivity contribution is 6.18. The second-order valence-electron chi connectivity index (χ2n) is 6.99. The molecule has 0 aliphatic rings. The number of benzene rings is 1. The summed E-state index contributed by atoms with van der Waals surface area (Å²) in [4.78, 5) is 8.38. The zero-order chi connectivity index (χ0) is 15.6. The molecular weight excluding hydrogens is 315 g/mol. The molecule has 0 bridgehead atoms. The quantitative estimate of drug-likeness (QED) is 0.729. The molecule has 122 valence electrons. The molecule has 2 aromatic rings. The molecule has 4 heteroatoms. The fourth-order valence-corrected chi connectivity index (χ4v) is 2.52. The number of alkyl halides is 1. The largest absolute Gasteiger partial charge is 0.341 e. The third-order valence-electron chi connectivity index (χ3n) is 3.66. The van der Waals surface area contributed by atoms with Crippen LogP contribution in [0.25, 0.3) is 11.4 Å².